The predicted octanol–water partition coefficient (Wildman–Crippen LogP) is 5.44. The fourth-order valence-corrected chi connectivity index (χ4v) is 15.6. The molecule has 0 aromatic rings. The highest BCUT2D eigenvalue weighted by atomic mass is 28.5. The van der Waals surface area contributed by atoms with Crippen LogP contribution in [0, 0.1) is 5.92 Å². The molecule has 188 valence electrons. The van der Waals surface area contributed by atoms with Crippen LogP contribution in [0.1, 0.15) is 6.42 Å². The third kappa shape index (κ3) is 12.8. The van der Waals surface area contributed by atoms with Gasteiger partial charge in [-0.2, -0.15) is 26.3 Å². The summed E-state index contributed by atoms with van der Waals surface area (Å²) in [5.41, 5.74) is 0. The van der Waals surface area contributed by atoms with Crippen molar-refractivity contribution in [1.82, 2.24) is 0 Å². The molecule has 0 aliphatic rings. The van der Waals surface area contributed by atoms with Crippen molar-refractivity contribution in [3.8, 4) is 0 Å². The van der Waals surface area contributed by atoms with E-state index in [9.17, 15) is 35.9 Å². The summed E-state index contributed by atoms with van der Waals surface area (Å²) < 4.78 is 96.6. The van der Waals surface area contributed by atoms with Gasteiger partial charge in [0.15, 0.2) is 22.6 Å². The van der Waals surface area contributed by atoms with Gasteiger partial charge in [-0.1, -0.05) is 0 Å². The molecule has 15 heteroatoms. The first-order valence-electron chi connectivity index (χ1n) is 9.61. The SMILES string of the molecule is C[Si](C)(C)O[Si](C)(CCC(OC(=O)C=CC(=O)O)C(C(F)(F)F)C(F)(F)F)O[Si](C)(C)C. The maximum atomic E-state index is 13.3. The largest absolute Gasteiger partial charge is 0.478 e. The second-order valence-electron chi connectivity index (χ2n) is 9.31. The van der Waals surface area contributed by atoms with Crippen molar-refractivity contribution in [3.63, 3.8) is 0 Å². The number of ether oxygens (including phenoxy) is 1. The van der Waals surface area contributed by atoms with Crippen LogP contribution in [0.4, 0.5) is 26.3 Å². The molecule has 1 atom stereocenters. The lowest BCUT2D eigenvalue weighted by molar-refractivity contribution is -0.307. The fourth-order valence-electron chi connectivity index (χ4n) is 3.05. The van der Waals surface area contributed by atoms with Crippen LogP contribution in [-0.4, -0.2) is 60.7 Å². The lowest BCUT2D eigenvalue weighted by atomic mass is 9.98. The highest BCUT2D eigenvalue weighted by Crippen LogP contribution is 2.44. The molecule has 32 heavy (non-hydrogen) atoms. The van der Waals surface area contributed by atoms with Crippen molar-refractivity contribution >= 4 is 37.1 Å². The molecular weight excluding hydrogens is 498 g/mol. The first-order chi connectivity index (χ1) is 14.0. The van der Waals surface area contributed by atoms with E-state index >= 15 is 0 Å². The standard InChI is InChI=1S/C17H30F6O6Si3/c1-30(2,3)28-32(7,29-31(4,5)6)11-10-12(27-14(26)9-8-13(24)25)15(16(18,19)20)17(21,22)23/h8-9,12,15H,10-11H2,1-7H3,(H,24,25). The second-order valence-corrected chi connectivity index (χ2v) is 22.2. The summed E-state index contributed by atoms with van der Waals surface area (Å²) >= 11 is 0. The van der Waals surface area contributed by atoms with Crippen molar-refractivity contribution < 1.29 is 54.0 Å². The van der Waals surface area contributed by atoms with Gasteiger partial charge in [-0.15, -0.1) is 0 Å². The number of aliphatic carboxylic acids is 1. The van der Waals surface area contributed by atoms with Crippen LogP contribution in [0.25, 0.3) is 0 Å². The topological polar surface area (TPSA) is 82.1 Å². The summed E-state index contributed by atoms with van der Waals surface area (Å²) in [4.78, 5) is 22.2. The molecular formula is C17H30F6O6Si3. The van der Waals surface area contributed by atoms with E-state index in [1.165, 1.54) is 0 Å². The van der Waals surface area contributed by atoms with Crippen LogP contribution < -0.4 is 0 Å². The normalized spacial score (nSPS) is 15.3. The number of carbonyl (C=O) groups is 2. The summed E-state index contributed by atoms with van der Waals surface area (Å²) in [6, 6.07) is -0.287. The minimum Gasteiger partial charge on any atom is -0.478 e. The molecule has 0 aromatic carbocycles. The Morgan fingerprint density at radius 3 is 1.56 bits per heavy atom. The Kier molecular flexibility index (Phi) is 10.4. The van der Waals surface area contributed by atoms with E-state index in [1.807, 2.05) is 39.3 Å². The lowest BCUT2D eigenvalue weighted by Gasteiger charge is -2.39. The zero-order valence-corrected chi connectivity index (χ0v) is 22.0. The third-order valence-electron chi connectivity index (χ3n) is 3.63. The van der Waals surface area contributed by atoms with Crippen LogP contribution in [0.5, 0.6) is 0 Å². The molecule has 0 fully saturated rings. The van der Waals surface area contributed by atoms with Crippen molar-refractivity contribution in [1.29, 1.82) is 0 Å². The summed E-state index contributed by atoms with van der Waals surface area (Å²) in [5.74, 6) is -7.19. The fraction of sp³-hybridized carbons (Fsp3) is 0.765. The van der Waals surface area contributed by atoms with Crippen molar-refractivity contribution in [2.75, 3.05) is 0 Å². The second kappa shape index (κ2) is 10.8. The molecule has 6 nitrogen and oxygen atoms in total. The van der Waals surface area contributed by atoms with E-state index < -0.39 is 67.9 Å². The Morgan fingerprint density at radius 1 is 0.844 bits per heavy atom. The van der Waals surface area contributed by atoms with Gasteiger partial charge in [-0.3, -0.25) is 0 Å². The number of alkyl halides is 6. The molecule has 0 radical (unpaired) electrons. The Labute approximate surface area is 186 Å². The van der Waals surface area contributed by atoms with Gasteiger partial charge in [-0.05, 0) is 58.3 Å². The summed E-state index contributed by atoms with van der Waals surface area (Å²) in [5, 5.41) is 8.52. The average Bonchev–Trinajstić information content (AvgIpc) is 2.43. The van der Waals surface area contributed by atoms with Crippen molar-refractivity contribution in [2.24, 2.45) is 5.92 Å². The summed E-state index contributed by atoms with van der Waals surface area (Å²) in [6.07, 6.45) is -14.4. The number of halogens is 6. The van der Waals surface area contributed by atoms with Gasteiger partial charge in [-0.25, -0.2) is 9.59 Å². The summed E-state index contributed by atoms with van der Waals surface area (Å²) in [7, 11) is -7.83. The number of hydrogen-bond acceptors (Lipinski definition) is 5. The maximum absolute atomic E-state index is 13.3. The van der Waals surface area contributed by atoms with E-state index in [2.05, 4.69) is 4.74 Å². The molecule has 0 saturated heterocycles. The average molecular weight is 529 g/mol. The number of rotatable bonds is 11. The molecule has 0 aliphatic heterocycles. The highest BCUT2D eigenvalue weighted by Gasteiger charge is 2.62. The van der Waals surface area contributed by atoms with E-state index in [4.69, 9.17) is 13.3 Å². The number of carboxylic acids is 1. The van der Waals surface area contributed by atoms with Gasteiger partial charge < -0.3 is 18.1 Å². The van der Waals surface area contributed by atoms with Crippen LogP contribution in [-0.2, 0) is 22.6 Å². The van der Waals surface area contributed by atoms with Gasteiger partial charge in [0.2, 0.25) is 0 Å². The molecule has 0 bridgehead atoms. The molecule has 1 N–H and O–H groups in total. The van der Waals surface area contributed by atoms with Crippen molar-refractivity contribution in [2.45, 2.75) is 76.8 Å². The highest BCUT2D eigenvalue weighted by molar-refractivity contribution is 6.87. The van der Waals surface area contributed by atoms with E-state index in [-0.39, 0.29) is 18.2 Å². The van der Waals surface area contributed by atoms with Gasteiger partial charge >= 0.3 is 32.9 Å². The van der Waals surface area contributed by atoms with Crippen molar-refractivity contribution in [3.05, 3.63) is 12.2 Å². The van der Waals surface area contributed by atoms with Gasteiger partial charge in [0.1, 0.15) is 6.10 Å². The zero-order valence-electron chi connectivity index (χ0n) is 19.0. The lowest BCUT2D eigenvalue weighted by Crippen LogP contribution is -2.54. The number of hydrogen-bond donors (Lipinski definition) is 1. The summed E-state index contributed by atoms with van der Waals surface area (Å²) in [6.45, 7) is 12.5. The monoisotopic (exact) mass is 528 g/mol. The van der Waals surface area contributed by atoms with E-state index in [0.29, 0.717) is 0 Å². The van der Waals surface area contributed by atoms with Gasteiger partial charge in [0.05, 0.1) is 0 Å². The minimum absolute atomic E-state index is 0.257. The van der Waals surface area contributed by atoms with Crippen LogP contribution >= 0.6 is 0 Å². The quantitative estimate of drug-likeness (QED) is 0.166. The maximum Gasteiger partial charge on any atom is 0.404 e. The number of esters is 1. The van der Waals surface area contributed by atoms with E-state index in [0.717, 1.165) is 0 Å². The molecule has 0 amide bonds. The van der Waals surface area contributed by atoms with Crippen LogP contribution in [0.3, 0.4) is 0 Å². The first kappa shape index (κ1) is 30.8. The molecule has 0 aliphatic carbocycles. The predicted molar refractivity (Wildman–Crippen MR) is 112 cm³/mol. The third-order valence-corrected chi connectivity index (χ3v) is 13.2. The number of carbonyl (C=O) groups excluding carboxylic acids is 1. The Bertz CT molecular complexity index is 652. The van der Waals surface area contributed by atoms with Gasteiger partial charge in [0, 0.05) is 12.2 Å². The van der Waals surface area contributed by atoms with Gasteiger partial charge in [0.25, 0.3) is 0 Å². The Morgan fingerprint density at radius 2 is 1.25 bits per heavy atom. The minimum atomic E-state index is -5.75. The molecule has 0 saturated carbocycles. The Hall–Kier alpha value is -1.17. The Balaban J connectivity index is 6.07. The zero-order chi connectivity index (χ0) is 25.8. The number of carboxylic acid groups (broad SMARTS) is 1. The van der Waals surface area contributed by atoms with Crippen LogP contribution in [0.2, 0.25) is 51.9 Å². The molecule has 0 rings (SSSR count). The first-order valence-corrected chi connectivity index (χ1v) is 18.9. The van der Waals surface area contributed by atoms with E-state index in [1.54, 1.807) is 6.55 Å². The van der Waals surface area contributed by atoms with Crippen LogP contribution in [0.15, 0.2) is 12.2 Å². The molecule has 1 unspecified atom stereocenters. The molecule has 0 aromatic heterocycles. The smallest absolute Gasteiger partial charge is 0.404 e. The molecule has 0 spiro atoms. The molecule has 0 heterocycles.